The Kier molecular flexibility index (Phi) is 13.9. The van der Waals surface area contributed by atoms with Crippen LogP contribution >= 0.6 is 11.8 Å². The second-order valence-electron chi connectivity index (χ2n) is 10.4. The van der Waals surface area contributed by atoms with Crippen LogP contribution in [0, 0.1) is 17.7 Å². The Hall–Kier alpha value is -3.34. The molecule has 0 spiro atoms. The minimum atomic E-state index is -0.773. The molecule has 226 valence electrons. The van der Waals surface area contributed by atoms with E-state index >= 15 is 0 Å². The number of carbonyl (C=O) groups is 4. The van der Waals surface area contributed by atoms with Gasteiger partial charge in [-0.3, -0.25) is 14.4 Å². The second kappa shape index (κ2) is 17.6. The monoisotopic (exact) mass is 598 g/mol. The van der Waals surface area contributed by atoms with Crippen molar-refractivity contribution in [2.75, 3.05) is 38.7 Å². The van der Waals surface area contributed by atoms with Crippen molar-refractivity contribution < 1.29 is 33.0 Å². The number of ether oxygens (including phenoxy) is 2. The fourth-order valence-electron chi connectivity index (χ4n) is 4.64. The van der Waals surface area contributed by atoms with Gasteiger partial charge < -0.3 is 24.9 Å². The van der Waals surface area contributed by atoms with Crippen molar-refractivity contribution in [3.05, 3.63) is 83.8 Å². The highest BCUT2D eigenvalue weighted by molar-refractivity contribution is 8.13. The zero-order valence-electron chi connectivity index (χ0n) is 23.9. The number of rotatable bonds is 6. The first-order valence-corrected chi connectivity index (χ1v) is 15.0. The third kappa shape index (κ3) is 11.9. The number of amides is 1. The molecule has 8 nitrogen and oxygen atoms in total. The Bertz CT molecular complexity index is 1220. The molecule has 1 saturated heterocycles. The average molecular weight is 599 g/mol. The van der Waals surface area contributed by atoms with Gasteiger partial charge >= 0.3 is 0 Å². The van der Waals surface area contributed by atoms with Gasteiger partial charge in [0.2, 0.25) is 5.91 Å². The molecule has 0 radical (unpaired) electrons. The van der Waals surface area contributed by atoms with Gasteiger partial charge in [0.05, 0.1) is 38.4 Å². The molecule has 0 aliphatic carbocycles. The molecule has 0 saturated carbocycles. The van der Waals surface area contributed by atoms with Crippen LogP contribution in [0.15, 0.2) is 66.9 Å². The van der Waals surface area contributed by atoms with Gasteiger partial charge in [-0.25, -0.2) is 4.39 Å². The summed E-state index contributed by atoms with van der Waals surface area (Å²) in [7, 11) is 0. The fourth-order valence-corrected chi connectivity index (χ4v) is 5.67. The summed E-state index contributed by atoms with van der Waals surface area (Å²) < 4.78 is 25.1. The van der Waals surface area contributed by atoms with E-state index in [-0.39, 0.29) is 67.4 Å². The van der Waals surface area contributed by atoms with Gasteiger partial charge in [0.1, 0.15) is 11.6 Å². The van der Waals surface area contributed by atoms with Crippen molar-refractivity contribution in [1.29, 1.82) is 0 Å². The van der Waals surface area contributed by atoms with E-state index < -0.39 is 23.7 Å². The molecular weight excluding hydrogens is 559 g/mol. The lowest BCUT2D eigenvalue weighted by Gasteiger charge is -2.23. The summed E-state index contributed by atoms with van der Waals surface area (Å²) in [5, 5.41) is 5.66. The van der Waals surface area contributed by atoms with Gasteiger partial charge in [0.15, 0.2) is 10.9 Å². The number of halogens is 1. The standard InChI is InChI=1S/C32H39FN2O6S/c1-22-20-41-14-13-40-12-11-34-31(38)27(15-23(2)36)21-42-32(39)26(16-25-9-6-10-28(33)17-25)19-30(37)29(35-22)18-24-7-4-3-5-8-24/h3-10,17,26-27,29,35H,1,11-16,18-21H2,2H3,(H,34,38)/t26-,27+,29+/m1/s1. The largest absolute Gasteiger partial charge is 0.377 e. The van der Waals surface area contributed by atoms with Crippen LogP contribution in [0.4, 0.5) is 4.39 Å². The van der Waals surface area contributed by atoms with Crippen LogP contribution in [0.1, 0.15) is 30.9 Å². The van der Waals surface area contributed by atoms with Crippen molar-refractivity contribution in [3.8, 4) is 0 Å². The molecule has 0 unspecified atom stereocenters. The SMILES string of the molecule is C=C1COCCOCCNC(=O)[C@@H](CC(C)=O)CSC(=O)[C@H](Cc2cccc(F)c2)CC(=O)[C@H](Cc2ccccc2)N1. The van der Waals surface area contributed by atoms with Gasteiger partial charge in [0, 0.05) is 36.8 Å². The van der Waals surface area contributed by atoms with E-state index in [1.165, 1.54) is 19.1 Å². The first kappa shape index (κ1) is 33.2. The molecule has 2 N–H and O–H groups in total. The molecule has 10 heteroatoms. The summed E-state index contributed by atoms with van der Waals surface area (Å²) in [6.07, 6.45) is 0.410. The van der Waals surface area contributed by atoms with E-state index in [0.29, 0.717) is 30.9 Å². The van der Waals surface area contributed by atoms with E-state index in [4.69, 9.17) is 9.47 Å². The van der Waals surface area contributed by atoms with E-state index in [0.717, 1.165) is 17.3 Å². The first-order chi connectivity index (χ1) is 20.2. The third-order valence-corrected chi connectivity index (χ3v) is 7.91. The number of benzene rings is 2. The van der Waals surface area contributed by atoms with Crippen molar-refractivity contribution in [1.82, 2.24) is 10.6 Å². The lowest BCUT2D eigenvalue weighted by Crippen LogP contribution is -2.40. The minimum Gasteiger partial charge on any atom is -0.377 e. The third-order valence-electron chi connectivity index (χ3n) is 6.73. The van der Waals surface area contributed by atoms with Gasteiger partial charge in [-0.15, -0.1) is 0 Å². The zero-order valence-corrected chi connectivity index (χ0v) is 24.8. The maximum atomic E-state index is 14.0. The van der Waals surface area contributed by atoms with Crippen LogP contribution in [0.25, 0.3) is 0 Å². The van der Waals surface area contributed by atoms with Crippen LogP contribution in [0.2, 0.25) is 0 Å². The maximum absolute atomic E-state index is 14.0. The van der Waals surface area contributed by atoms with Crippen molar-refractivity contribution in [2.24, 2.45) is 11.8 Å². The highest BCUT2D eigenvalue weighted by Gasteiger charge is 2.30. The molecule has 42 heavy (non-hydrogen) atoms. The molecule has 0 bridgehead atoms. The average Bonchev–Trinajstić information content (AvgIpc) is 2.95. The molecule has 1 heterocycles. The molecule has 1 amide bonds. The van der Waals surface area contributed by atoms with Crippen molar-refractivity contribution in [2.45, 2.75) is 38.6 Å². The number of thioether (sulfide) groups is 1. The lowest BCUT2D eigenvalue weighted by atomic mass is 9.91. The summed E-state index contributed by atoms with van der Waals surface area (Å²) in [4.78, 5) is 52.1. The Labute approximate surface area is 250 Å². The smallest absolute Gasteiger partial charge is 0.224 e. The summed E-state index contributed by atoms with van der Waals surface area (Å²) in [6.45, 7) is 6.68. The predicted molar refractivity (Wildman–Crippen MR) is 160 cm³/mol. The molecule has 0 aromatic heterocycles. The number of Topliss-reactive ketones (excluding diaryl/α,β-unsaturated/α-hetero) is 2. The van der Waals surface area contributed by atoms with Crippen molar-refractivity contribution >= 4 is 34.4 Å². The van der Waals surface area contributed by atoms with Gasteiger partial charge in [-0.2, -0.15) is 0 Å². The Balaban J connectivity index is 1.87. The first-order valence-electron chi connectivity index (χ1n) is 14.1. The quantitative estimate of drug-likeness (QED) is 0.519. The van der Waals surface area contributed by atoms with E-state index in [1.807, 2.05) is 30.3 Å². The Morgan fingerprint density at radius 2 is 1.71 bits per heavy atom. The predicted octanol–water partition coefficient (Wildman–Crippen LogP) is 3.68. The second-order valence-corrected chi connectivity index (χ2v) is 11.4. The van der Waals surface area contributed by atoms with E-state index in [9.17, 15) is 23.6 Å². The van der Waals surface area contributed by atoms with Crippen LogP contribution in [-0.2, 0) is 41.5 Å². The van der Waals surface area contributed by atoms with Crippen molar-refractivity contribution in [3.63, 3.8) is 0 Å². The van der Waals surface area contributed by atoms with Crippen LogP contribution in [-0.4, -0.2) is 67.4 Å². The maximum Gasteiger partial charge on any atom is 0.224 e. The van der Waals surface area contributed by atoms with Crippen LogP contribution < -0.4 is 10.6 Å². The molecule has 1 aliphatic heterocycles. The highest BCUT2D eigenvalue weighted by atomic mass is 32.2. The molecular formula is C32H39FN2O6S. The molecule has 1 fully saturated rings. The molecule has 1 aliphatic rings. The molecule has 3 atom stereocenters. The molecule has 3 rings (SSSR count). The van der Waals surface area contributed by atoms with Gasteiger partial charge in [-0.1, -0.05) is 60.8 Å². The normalized spacial score (nSPS) is 22.3. The molecule has 2 aromatic rings. The topological polar surface area (TPSA) is 111 Å². The summed E-state index contributed by atoms with van der Waals surface area (Å²) in [6, 6.07) is 14.8. The summed E-state index contributed by atoms with van der Waals surface area (Å²) in [5.74, 6) is -2.56. The lowest BCUT2D eigenvalue weighted by molar-refractivity contribution is -0.128. The summed E-state index contributed by atoms with van der Waals surface area (Å²) >= 11 is 0.929. The minimum absolute atomic E-state index is 0.0144. The van der Waals surface area contributed by atoms with E-state index in [1.54, 1.807) is 12.1 Å². The zero-order chi connectivity index (χ0) is 30.3. The highest BCUT2D eigenvalue weighted by Crippen LogP contribution is 2.25. The van der Waals surface area contributed by atoms with Crippen LogP contribution in [0.3, 0.4) is 0 Å². The van der Waals surface area contributed by atoms with Gasteiger partial charge in [-0.05, 0) is 43.0 Å². The Morgan fingerprint density at radius 3 is 2.45 bits per heavy atom. The number of carbonyl (C=O) groups excluding carboxylic acids is 4. The van der Waals surface area contributed by atoms with Crippen LogP contribution in [0.5, 0.6) is 0 Å². The fraction of sp³-hybridized carbons (Fsp3) is 0.438. The number of hydrogen-bond acceptors (Lipinski definition) is 8. The molecule has 2 aromatic carbocycles. The Morgan fingerprint density at radius 1 is 0.976 bits per heavy atom. The van der Waals surface area contributed by atoms with E-state index in [2.05, 4.69) is 17.2 Å². The summed E-state index contributed by atoms with van der Waals surface area (Å²) in [5.41, 5.74) is 2.04. The van der Waals surface area contributed by atoms with Gasteiger partial charge in [0.25, 0.3) is 0 Å². The number of ketones is 2. The number of hydrogen-bond donors (Lipinski definition) is 2. The number of nitrogens with one attached hydrogen (secondary N) is 2.